The first-order valence-electron chi connectivity index (χ1n) is 13.4. The highest BCUT2D eigenvalue weighted by atomic mass is 35.5. The molecule has 3 nitrogen and oxygen atoms in total. The van der Waals surface area contributed by atoms with E-state index in [0.29, 0.717) is 28.7 Å². The van der Waals surface area contributed by atoms with Gasteiger partial charge in [0, 0.05) is 31.2 Å². The average Bonchev–Trinajstić information content (AvgIpc) is 2.85. The first-order valence-corrected chi connectivity index (χ1v) is 14.2. The number of nitrogens with zero attached hydrogens (tertiary/aromatic N) is 1. The maximum Gasteiger partial charge on any atom is 0.222 e. The summed E-state index contributed by atoms with van der Waals surface area (Å²) in [4.78, 5) is 27.0. The van der Waals surface area contributed by atoms with Gasteiger partial charge in [-0.1, -0.05) is 100.0 Å². The third kappa shape index (κ3) is 7.59. The highest BCUT2D eigenvalue weighted by Crippen LogP contribution is 2.44. The smallest absolute Gasteiger partial charge is 0.222 e. The summed E-state index contributed by atoms with van der Waals surface area (Å²) in [5.41, 5.74) is 3.46. The molecule has 1 amide bonds. The SMILES string of the molecule is CN(C(=O)CCCCCCCCC(=O)C(C)(C)C)C1CCC(c2ccc(Cl)c(Cl)c2)c2ccccc21. The second-order valence-electron chi connectivity index (χ2n) is 11.2. The van der Waals surface area contributed by atoms with E-state index in [1.807, 2.05) is 44.9 Å². The van der Waals surface area contributed by atoms with Gasteiger partial charge in [0.05, 0.1) is 16.1 Å². The summed E-state index contributed by atoms with van der Waals surface area (Å²) in [7, 11) is 1.95. The van der Waals surface area contributed by atoms with Crippen molar-refractivity contribution >= 4 is 34.9 Å². The molecule has 0 saturated heterocycles. The van der Waals surface area contributed by atoms with Crippen LogP contribution in [0.4, 0.5) is 0 Å². The fraction of sp³-hybridized carbons (Fsp3) is 0.548. The number of benzene rings is 2. The van der Waals surface area contributed by atoms with Crippen molar-refractivity contribution in [3.63, 3.8) is 0 Å². The van der Waals surface area contributed by atoms with Crippen LogP contribution in [0.5, 0.6) is 0 Å². The molecule has 0 spiro atoms. The maximum absolute atomic E-state index is 13.0. The molecule has 0 aromatic heterocycles. The summed E-state index contributed by atoms with van der Waals surface area (Å²) in [6.07, 6.45) is 9.47. The number of Topliss-reactive ketones (excluding diaryl/α,β-unsaturated/α-hetero) is 1. The van der Waals surface area contributed by atoms with Crippen molar-refractivity contribution < 1.29 is 9.59 Å². The van der Waals surface area contributed by atoms with Gasteiger partial charge in [-0.25, -0.2) is 0 Å². The number of carbonyl (C=O) groups excluding carboxylic acids is 2. The maximum atomic E-state index is 13.0. The predicted octanol–water partition coefficient (Wildman–Crippen LogP) is 9.15. The molecule has 0 heterocycles. The summed E-state index contributed by atoms with van der Waals surface area (Å²) in [6.45, 7) is 5.97. The molecular formula is C31H41Cl2NO2. The molecule has 0 saturated carbocycles. The highest BCUT2D eigenvalue weighted by Gasteiger charge is 2.32. The number of carbonyl (C=O) groups is 2. The summed E-state index contributed by atoms with van der Waals surface area (Å²) < 4.78 is 0. The summed E-state index contributed by atoms with van der Waals surface area (Å²) in [5.74, 6) is 0.830. The van der Waals surface area contributed by atoms with Crippen LogP contribution in [-0.4, -0.2) is 23.6 Å². The van der Waals surface area contributed by atoms with Gasteiger partial charge in [-0.05, 0) is 54.5 Å². The molecule has 5 heteroatoms. The van der Waals surface area contributed by atoms with E-state index in [1.165, 1.54) is 16.7 Å². The van der Waals surface area contributed by atoms with Crippen LogP contribution < -0.4 is 0 Å². The number of amides is 1. The lowest BCUT2D eigenvalue weighted by Crippen LogP contribution is -2.34. The molecular weight excluding hydrogens is 489 g/mol. The van der Waals surface area contributed by atoms with Gasteiger partial charge in [0.1, 0.15) is 5.78 Å². The number of ketones is 1. The van der Waals surface area contributed by atoms with Crippen LogP contribution in [0.3, 0.4) is 0 Å². The van der Waals surface area contributed by atoms with Gasteiger partial charge in [-0.15, -0.1) is 0 Å². The first-order chi connectivity index (χ1) is 17.1. The minimum absolute atomic E-state index is 0.105. The number of halogens is 2. The number of rotatable bonds is 11. The Balaban J connectivity index is 1.48. The van der Waals surface area contributed by atoms with Crippen LogP contribution in [0.2, 0.25) is 10.0 Å². The minimum Gasteiger partial charge on any atom is -0.339 e. The van der Waals surface area contributed by atoms with Gasteiger partial charge >= 0.3 is 0 Å². The van der Waals surface area contributed by atoms with Crippen molar-refractivity contribution in [1.82, 2.24) is 4.90 Å². The van der Waals surface area contributed by atoms with Gasteiger partial charge in [-0.2, -0.15) is 0 Å². The quantitative estimate of drug-likeness (QED) is 0.272. The molecule has 3 rings (SSSR count). The van der Waals surface area contributed by atoms with E-state index in [1.54, 1.807) is 0 Å². The summed E-state index contributed by atoms with van der Waals surface area (Å²) >= 11 is 12.4. The summed E-state index contributed by atoms with van der Waals surface area (Å²) in [5, 5.41) is 1.16. The molecule has 1 aliphatic rings. The Hall–Kier alpha value is -1.84. The van der Waals surface area contributed by atoms with Gasteiger partial charge in [0.25, 0.3) is 0 Å². The van der Waals surface area contributed by atoms with E-state index < -0.39 is 0 Å². The van der Waals surface area contributed by atoms with E-state index in [9.17, 15) is 9.59 Å². The van der Waals surface area contributed by atoms with E-state index in [4.69, 9.17) is 23.2 Å². The molecule has 2 aromatic carbocycles. The van der Waals surface area contributed by atoms with Crippen molar-refractivity contribution in [1.29, 1.82) is 0 Å². The van der Waals surface area contributed by atoms with E-state index in [2.05, 4.69) is 30.3 Å². The lowest BCUT2D eigenvalue weighted by atomic mass is 9.76. The van der Waals surface area contributed by atoms with Gasteiger partial charge < -0.3 is 4.90 Å². The third-order valence-electron chi connectivity index (χ3n) is 7.55. The molecule has 0 aliphatic heterocycles. The zero-order valence-electron chi connectivity index (χ0n) is 22.3. The Kier molecular flexibility index (Phi) is 10.5. The van der Waals surface area contributed by atoms with E-state index in [0.717, 1.165) is 51.4 Å². The molecule has 2 aromatic rings. The molecule has 0 radical (unpaired) electrons. The van der Waals surface area contributed by atoms with Gasteiger partial charge in [0.15, 0.2) is 0 Å². The highest BCUT2D eigenvalue weighted by molar-refractivity contribution is 6.42. The molecule has 0 fully saturated rings. The molecule has 1 aliphatic carbocycles. The topological polar surface area (TPSA) is 37.4 Å². The van der Waals surface area contributed by atoms with Crippen molar-refractivity contribution in [3.8, 4) is 0 Å². The number of hydrogen-bond acceptors (Lipinski definition) is 2. The van der Waals surface area contributed by atoms with Crippen molar-refractivity contribution in [2.24, 2.45) is 5.41 Å². The number of unbranched alkanes of at least 4 members (excludes halogenated alkanes) is 5. The van der Waals surface area contributed by atoms with Crippen LogP contribution in [0.25, 0.3) is 0 Å². The Labute approximate surface area is 227 Å². The Morgan fingerprint density at radius 3 is 2.08 bits per heavy atom. The second kappa shape index (κ2) is 13.1. The Morgan fingerprint density at radius 2 is 1.44 bits per heavy atom. The fourth-order valence-electron chi connectivity index (χ4n) is 5.24. The first kappa shape index (κ1) is 28.7. The second-order valence-corrected chi connectivity index (χ2v) is 12.1. The van der Waals surface area contributed by atoms with Crippen molar-refractivity contribution in [2.75, 3.05) is 7.05 Å². The zero-order valence-corrected chi connectivity index (χ0v) is 23.8. The largest absolute Gasteiger partial charge is 0.339 e. The molecule has 196 valence electrons. The Bertz CT molecular complexity index is 1040. The van der Waals surface area contributed by atoms with Crippen molar-refractivity contribution in [2.45, 2.75) is 96.9 Å². The lowest BCUT2D eigenvalue weighted by molar-refractivity contribution is -0.132. The number of fused-ring (bicyclic) bond motifs is 1. The van der Waals surface area contributed by atoms with Crippen LogP contribution in [0.15, 0.2) is 42.5 Å². The number of hydrogen-bond donors (Lipinski definition) is 0. The fourth-order valence-corrected chi connectivity index (χ4v) is 5.55. The Morgan fingerprint density at radius 1 is 0.833 bits per heavy atom. The minimum atomic E-state index is -0.226. The zero-order chi connectivity index (χ0) is 26.3. The molecule has 0 bridgehead atoms. The third-order valence-corrected chi connectivity index (χ3v) is 8.29. The molecule has 0 N–H and O–H groups in total. The van der Waals surface area contributed by atoms with Crippen LogP contribution in [0.1, 0.15) is 114 Å². The van der Waals surface area contributed by atoms with Gasteiger partial charge in [0.2, 0.25) is 5.91 Å². The normalized spacial score (nSPS) is 17.5. The van der Waals surface area contributed by atoms with Gasteiger partial charge in [-0.3, -0.25) is 9.59 Å². The lowest BCUT2D eigenvalue weighted by Gasteiger charge is -2.37. The monoisotopic (exact) mass is 529 g/mol. The van der Waals surface area contributed by atoms with Crippen LogP contribution >= 0.6 is 23.2 Å². The average molecular weight is 531 g/mol. The summed E-state index contributed by atoms with van der Waals surface area (Å²) in [6, 6.07) is 14.5. The molecule has 36 heavy (non-hydrogen) atoms. The molecule has 2 atom stereocenters. The van der Waals surface area contributed by atoms with Crippen molar-refractivity contribution in [3.05, 3.63) is 69.2 Å². The van der Waals surface area contributed by atoms with Crippen LogP contribution in [-0.2, 0) is 9.59 Å². The van der Waals surface area contributed by atoms with Crippen LogP contribution in [0, 0.1) is 5.41 Å². The van der Waals surface area contributed by atoms with E-state index in [-0.39, 0.29) is 23.3 Å². The van der Waals surface area contributed by atoms with E-state index >= 15 is 0 Å². The standard InChI is InChI=1S/C31H41Cl2NO2/c1-31(2,3)29(35)15-9-7-5-6-8-10-16-30(36)34(4)28-20-18-23(24-13-11-12-14-25(24)28)22-17-19-26(32)27(33)21-22/h11-14,17,19,21,23,28H,5-10,15-16,18,20H2,1-4H3. The molecule has 2 unspecified atom stereocenters. The predicted molar refractivity (Wildman–Crippen MR) is 151 cm³/mol.